The van der Waals surface area contributed by atoms with E-state index in [0.29, 0.717) is 11.4 Å². The molecule has 1 aromatic heterocycles. The highest BCUT2D eigenvalue weighted by Gasteiger charge is 2.78. The maximum atomic E-state index is 13.5. The number of hydrogen-bond donors (Lipinski definition) is 3. The molecule has 3 N–H and O–H groups in total. The summed E-state index contributed by atoms with van der Waals surface area (Å²) in [7, 11) is 1.50. The first-order valence-corrected chi connectivity index (χ1v) is 10.4. The summed E-state index contributed by atoms with van der Waals surface area (Å²) in [5.74, 6) is -2.48. The van der Waals surface area contributed by atoms with Gasteiger partial charge in [-0.25, -0.2) is 10.0 Å². The van der Waals surface area contributed by atoms with E-state index in [1.165, 1.54) is 18.3 Å². The number of hydrogen-bond acceptors (Lipinski definition) is 6. The van der Waals surface area contributed by atoms with Gasteiger partial charge in [0, 0.05) is 0 Å². The van der Waals surface area contributed by atoms with E-state index < -0.39 is 34.5 Å². The fourth-order valence-corrected chi connectivity index (χ4v) is 5.68. The number of aromatic nitrogens is 2. The van der Waals surface area contributed by atoms with Gasteiger partial charge in [-0.1, -0.05) is 38.1 Å². The first-order valence-electron chi connectivity index (χ1n) is 10.4. The first kappa shape index (κ1) is 20.5. The zero-order chi connectivity index (χ0) is 22.9. The van der Waals surface area contributed by atoms with Gasteiger partial charge in [-0.3, -0.25) is 19.3 Å². The molecular formula is C23H25N5O4. The molecule has 0 saturated carbocycles. The highest BCUT2D eigenvalue weighted by Crippen LogP contribution is 2.66. The van der Waals surface area contributed by atoms with Crippen LogP contribution in [0.25, 0.3) is 6.08 Å². The van der Waals surface area contributed by atoms with Crippen LogP contribution in [0.1, 0.15) is 31.5 Å². The van der Waals surface area contributed by atoms with E-state index in [4.69, 9.17) is 4.84 Å². The molecule has 3 aliphatic rings. The van der Waals surface area contributed by atoms with Crippen molar-refractivity contribution in [3.8, 4) is 0 Å². The fraction of sp³-hybridized carbons (Fsp3) is 0.348. The molecule has 9 heteroatoms. The van der Waals surface area contributed by atoms with Gasteiger partial charge in [-0.2, -0.15) is 0 Å². The molecule has 1 aromatic carbocycles. The van der Waals surface area contributed by atoms with E-state index >= 15 is 0 Å². The van der Waals surface area contributed by atoms with Gasteiger partial charge in [0.05, 0.1) is 36.4 Å². The summed E-state index contributed by atoms with van der Waals surface area (Å²) in [6, 6.07) is 7.60. The van der Waals surface area contributed by atoms with Crippen molar-refractivity contribution in [2.75, 3.05) is 12.2 Å². The SMILES string of the molecule is C=CC(C)(C)C12CC(O)C(=O)N3C(=Cc4cnc[nH]4)C(=O)NC31N(OC)c1ccccc12. The summed E-state index contributed by atoms with van der Waals surface area (Å²) in [6.07, 6.45) is 5.14. The molecule has 5 rings (SSSR count). The Kier molecular flexibility index (Phi) is 4.18. The molecule has 2 aromatic rings. The van der Waals surface area contributed by atoms with Crippen molar-refractivity contribution in [3.63, 3.8) is 0 Å². The Balaban J connectivity index is 1.88. The Morgan fingerprint density at radius 1 is 1.34 bits per heavy atom. The van der Waals surface area contributed by atoms with Gasteiger partial charge in [0.1, 0.15) is 11.8 Å². The maximum absolute atomic E-state index is 13.5. The molecular weight excluding hydrogens is 410 g/mol. The summed E-state index contributed by atoms with van der Waals surface area (Å²) in [6.45, 7) is 8.03. The number of H-pyrrole nitrogens is 1. The summed E-state index contributed by atoms with van der Waals surface area (Å²) < 4.78 is 0. The lowest BCUT2D eigenvalue weighted by Crippen LogP contribution is -2.79. The largest absolute Gasteiger partial charge is 0.383 e. The van der Waals surface area contributed by atoms with Gasteiger partial charge < -0.3 is 15.4 Å². The van der Waals surface area contributed by atoms with Crippen LogP contribution in [-0.2, 0) is 19.8 Å². The molecule has 9 nitrogen and oxygen atoms in total. The first-order chi connectivity index (χ1) is 15.2. The van der Waals surface area contributed by atoms with E-state index in [2.05, 4.69) is 21.9 Å². The number of piperidine rings is 1. The Bertz CT molecular complexity index is 1160. The second-order valence-electron chi connectivity index (χ2n) is 8.88. The summed E-state index contributed by atoms with van der Waals surface area (Å²) >= 11 is 0. The molecule has 1 spiro atoms. The van der Waals surface area contributed by atoms with Crippen molar-refractivity contribution in [2.24, 2.45) is 5.41 Å². The Labute approximate surface area is 185 Å². The topological polar surface area (TPSA) is 111 Å². The molecule has 2 saturated heterocycles. The van der Waals surface area contributed by atoms with Gasteiger partial charge in [0.15, 0.2) is 0 Å². The molecule has 3 unspecified atom stereocenters. The highest BCUT2D eigenvalue weighted by atomic mass is 16.7. The summed E-state index contributed by atoms with van der Waals surface area (Å²) in [4.78, 5) is 41.1. The number of aliphatic hydroxyl groups excluding tert-OH is 1. The minimum Gasteiger partial charge on any atom is -0.383 e. The fourth-order valence-electron chi connectivity index (χ4n) is 5.68. The van der Waals surface area contributed by atoms with Crippen molar-refractivity contribution in [1.82, 2.24) is 20.2 Å². The van der Waals surface area contributed by atoms with E-state index in [1.807, 2.05) is 38.1 Å². The average molecular weight is 435 g/mol. The monoisotopic (exact) mass is 435 g/mol. The van der Waals surface area contributed by atoms with Crippen LogP contribution in [-0.4, -0.2) is 50.8 Å². The zero-order valence-corrected chi connectivity index (χ0v) is 18.1. The second-order valence-corrected chi connectivity index (χ2v) is 8.88. The van der Waals surface area contributed by atoms with Crippen LogP contribution in [0.3, 0.4) is 0 Å². The predicted molar refractivity (Wildman–Crippen MR) is 116 cm³/mol. The van der Waals surface area contributed by atoms with Crippen LogP contribution in [0.15, 0.2) is 55.1 Å². The molecule has 2 amide bonds. The number of carbonyl (C=O) groups is 2. The van der Waals surface area contributed by atoms with Gasteiger partial charge in [0.2, 0.25) is 5.79 Å². The zero-order valence-electron chi connectivity index (χ0n) is 18.1. The molecule has 0 aliphatic carbocycles. The number of anilines is 1. The van der Waals surface area contributed by atoms with Gasteiger partial charge >= 0.3 is 0 Å². The quantitative estimate of drug-likeness (QED) is 0.498. The summed E-state index contributed by atoms with van der Waals surface area (Å²) in [5, 5.41) is 15.7. The Morgan fingerprint density at radius 2 is 2.09 bits per heavy atom. The van der Waals surface area contributed by atoms with E-state index in [1.54, 1.807) is 23.4 Å². The summed E-state index contributed by atoms with van der Waals surface area (Å²) in [5.41, 5.74) is 0.560. The van der Waals surface area contributed by atoms with Gasteiger partial charge in [0.25, 0.3) is 11.8 Å². The predicted octanol–water partition coefficient (Wildman–Crippen LogP) is 1.66. The normalized spacial score (nSPS) is 30.2. The van der Waals surface area contributed by atoms with Crippen LogP contribution < -0.4 is 10.4 Å². The van der Waals surface area contributed by atoms with Crippen LogP contribution in [0.4, 0.5) is 5.69 Å². The Morgan fingerprint density at radius 3 is 2.75 bits per heavy atom. The van der Waals surface area contributed by atoms with E-state index in [0.717, 1.165) is 5.56 Å². The van der Waals surface area contributed by atoms with Crippen LogP contribution >= 0.6 is 0 Å². The number of aromatic amines is 1. The second kappa shape index (κ2) is 6.54. The molecule has 0 bridgehead atoms. The van der Waals surface area contributed by atoms with Crippen LogP contribution in [0.5, 0.6) is 0 Å². The number of imidazole rings is 1. The standard InChI is InChI=1S/C23H25N5O4/c1-5-21(2,3)22-11-18(29)20(31)27-17(10-14-12-24-13-25-14)19(30)26-23(22,27)28(32-4)16-9-7-6-8-15(16)22/h5-10,12-13,18,29H,1,11H2,2-4H3,(H,24,25)(H,26,30). The molecule has 3 atom stereocenters. The van der Waals surface area contributed by atoms with Crippen molar-refractivity contribution in [1.29, 1.82) is 0 Å². The molecule has 3 aliphatic heterocycles. The van der Waals surface area contributed by atoms with Crippen molar-refractivity contribution in [3.05, 3.63) is 66.4 Å². The molecule has 4 heterocycles. The number of amides is 2. The van der Waals surface area contributed by atoms with Crippen molar-refractivity contribution >= 4 is 23.6 Å². The highest BCUT2D eigenvalue weighted by molar-refractivity contribution is 6.07. The minimum absolute atomic E-state index is 0.0792. The Hall–Kier alpha value is -3.43. The third-order valence-electron chi connectivity index (χ3n) is 7.17. The number of nitrogens with one attached hydrogen (secondary N) is 2. The number of rotatable bonds is 4. The van der Waals surface area contributed by atoms with Crippen molar-refractivity contribution < 1.29 is 19.5 Å². The third-order valence-corrected chi connectivity index (χ3v) is 7.17. The number of carbonyl (C=O) groups excluding carboxylic acids is 2. The third kappa shape index (κ3) is 2.17. The molecule has 0 radical (unpaired) electrons. The number of nitrogens with zero attached hydrogens (tertiary/aromatic N) is 3. The number of para-hydroxylation sites is 1. The lowest BCUT2D eigenvalue weighted by Gasteiger charge is -2.59. The smallest absolute Gasteiger partial charge is 0.271 e. The van der Waals surface area contributed by atoms with Crippen LogP contribution in [0, 0.1) is 5.41 Å². The number of aliphatic hydroxyl groups is 1. The minimum atomic E-state index is -1.44. The lowest BCUT2D eigenvalue weighted by atomic mass is 9.55. The molecule has 2 fully saturated rings. The maximum Gasteiger partial charge on any atom is 0.271 e. The number of hydroxylamine groups is 1. The van der Waals surface area contributed by atoms with Gasteiger partial charge in [-0.05, 0) is 29.5 Å². The number of benzene rings is 1. The number of fused-ring (bicyclic) bond motifs is 2. The average Bonchev–Trinajstić information content (AvgIpc) is 3.44. The van der Waals surface area contributed by atoms with Crippen molar-refractivity contribution in [2.45, 2.75) is 37.6 Å². The van der Waals surface area contributed by atoms with E-state index in [9.17, 15) is 14.7 Å². The number of allylic oxidation sites excluding steroid dienone is 1. The van der Waals surface area contributed by atoms with E-state index in [-0.39, 0.29) is 12.1 Å². The van der Waals surface area contributed by atoms with Gasteiger partial charge in [-0.15, -0.1) is 6.58 Å². The van der Waals surface area contributed by atoms with Crippen LogP contribution in [0.2, 0.25) is 0 Å². The molecule has 166 valence electrons. The lowest BCUT2D eigenvalue weighted by molar-refractivity contribution is -0.170. The molecule has 32 heavy (non-hydrogen) atoms.